The molecule has 4 rings (SSSR count). The van der Waals surface area contributed by atoms with E-state index in [1.165, 1.54) is 12.8 Å². The van der Waals surface area contributed by atoms with Gasteiger partial charge in [0, 0.05) is 12.1 Å². The number of nitrogens with zero attached hydrogens (tertiary/aromatic N) is 1. The van der Waals surface area contributed by atoms with Gasteiger partial charge in [-0.1, -0.05) is 6.07 Å². The zero-order valence-electron chi connectivity index (χ0n) is 16.9. The van der Waals surface area contributed by atoms with Crippen molar-refractivity contribution in [3.05, 3.63) is 35.4 Å². The van der Waals surface area contributed by atoms with Gasteiger partial charge in [0.05, 0.1) is 24.4 Å². The Morgan fingerprint density at radius 2 is 2.17 bits per heavy atom. The molecule has 2 aliphatic rings. The molecule has 1 aromatic carbocycles. The number of benzene rings is 1. The number of nitrogen functional groups attached to an aromatic ring is 1. The first kappa shape index (κ1) is 20.3. The normalized spacial score (nSPS) is 18.7. The minimum atomic E-state index is -1.11. The second-order valence-corrected chi connectivity index (χ2v) is 8.07. The summed E-state index contributed by atoms with van der Waals surface area (Å²) in [6.07, 6.45) is 3.23. The molecule has 1 saturated carbocycles. The topological polar surface area (TPSA) is 130 Å². The van der Waals surface area contributed by atoms with Crippen molar-refractivity contribution < 1.29 is 19.7 Å². The molecule has 1 saturated heterocycles. The van der Waals surface area contributed by atoms with Crippen molar-refractivity contribution in [3.63, 3.8) is 0 Å². The lowest BCUT2D eigenvalue weighted by atomic mass is 9.87. The number of carboxylic acid groups (broad SMARTS) is 1. The highest BCUT2D eigenvalue weighted by molar-refractivity contribution is 5.76. The summed E-state index contributed by atoms with van der Waals surface area (Å²) in [5, 5.41) is 25.4. The number of phenolic OH excluding ortho intramolecular Hbond substituents is 1. The lowest BCUT2D eigenvalue weighted by molar-refractivity contribution is 0.194. The number of amides is 1. The van der Waals surface area contributed by atoms with E-state index in [1.807, 2.05) is 12.1 Å². The predicted molar refractivity (Wildman–Crippen MR) is 114 cm³/mol. The number of phenols is 1. The average Bonchev–Trinajstić information content (AvgIpc) is 3.56. The van der Waals surface area contributed by atoms with Crippen LogP contribution in [-0.2, 0) is 6.54 Å². The van der Waals surface area contributed by atoms with Gasteiger partial charge in [-0.15, -0.1) is 0 Å². The van der Waals surface area contributed by atoms with Gasteiger partial charge < -0.3 is 31.3 Å². The minimum absolute atomic E-state index is 0.0827. The Hall–Kier alpha value is -3.00. The van der Waals surface area contributed by atoms with Crippen molar-refractivity contribution in [1.29, 1.82) is 0 Å². The van der Waals surface area contributed by atoms with Crippen molar-refractivity contribution in [2.45, 2.75) is 38.1 Å². The number of carbonyl (C=O) groups is 1. The Bertz CT molecular complexity index is 924. The Labute approximate surface area is 175 Å². The Balaban J connectivity index is 1.75. The first-order valence-corrected chi connectivity index (χ1v) is 10.4. The highest BCUT2D eigenvalue weighted by Gasteiger charge is 2.26. The van der Waals surface area contributed by atoms with Gasteiger partial charge >= 0.3 is 6.09 Å². The summed E-state index contributed by atoms with van der Waals surface area (Å²) in [5.74, 6) is 1.69. The lowest BCUT2D eigenvalue weighted by Gasteiger charge is -2.26. The molecule has 2 fully saturated rings. The van der Waals surface area contributed by atoms with Crippen LogP contribution in [0.2, 0.25) is 0 Å². The molecule has 30 heavy (non-hydrogen) atoms. The molecular weight excluding hydrogens is 384 g/mol. The van der Waals surface area contributed by atoms with E-state index >= 15 is 0 Å². The Kier molecular flexibility index (Phi) is 5.94. The van der Waals surface area contributed by atoms with Gasteiger partial charge in [0.15, 0.2) is 0 Å². The largest absolute Gasteiger partial charge is 0.507 e. The van der Waals surface area contributed by atoms with Crippen molar-refractivity contribution in [1.82, 2.24) is 15.6 Å². The van der Waals surface area contributed by atoms with Gasteiger partial charge in [-0.25, -0.2) is 9.78 Å². The summed E-state index contributed by atoms with van der Waals surface area (Å²) >= 11 is 0. The van der Waals surface area contributed by atoms with Gasteiger partial charge in [0.25, 0.3) is 0 Å². The number of rotatable bonds is 7. The van der Waals surface area contributed by atoms with E-state index in [0.717, 1.165) is 31.5 Å². The van der Waals surface area contributed by atoms with Crippen LogP contribution in [0.25, 0.3) is 11.3 Å². The molecule has 1 aromatic heterocycles. The summed E-state index contributed by atoms with van der Waals surface area (Å²) in [4.78, 5) is 15.6. The fraction of sp³-hybridized carbons (Fsp3) is 0.455. The molecule has 0 radical (unpaired) electrons. The average molecular weight is 412 g/mol. The number of hydrogen-bond acceptors (Lipinski definition) is 6. The summed E-state index contributed by atoms with van der Waals surface area (Å²) in [6.45, 7) is 2.46. The third kappa shape index (κ3) is 4.59. The Morgan fingerprint density at radius 3 is 2.87 bits per heavy atom. The summed E-state index contributed by atoms with van der Waals surface area (Å²) < 4.78 is 5.99. The van der Waals surface area contributed by atoms with Crippen LogP contribution in [0.15, 0.2) is 24.3 Å². The molecule has 1 atom stereocenters. The van der Waals surface area contributed by atoms with E-state index < -0.39 is 6.09 Å². The van der Waals surface area contributed by atoms with Gasteiger partial charge in [-0.3, -0.25) is 0 Å². The molecule has 1 amide bonds. The molecule has 0 bridgehead atoms. The highest BCUT2D eigenvalue weighted by Crippen LogP contribution is 2.41. The molecule has 1 aliphatic heterocycles. The first-order valence-electron chi connectivity index (χ1n) is 10.4. The fourth-order valence-electron chi connectivity index (χ4n) is 3.97. The number of pyridine rings is 1. The minimum Gasteiger partial charge on any atom is -0.507 e. The van der Waals surface area contributed by atoms with E-state index in [2.05, 4.69) is 15.6 Å². The van der Waals surface area contributed by atoms with Crippen LogP contribution in [0.4, 0.5) is 10.6 Å². The lowest BCUT2D eigenvalue weighted by Crippen LogP contribution is -2.30. The van der Waals surface area contributed by atoms with Crippen LogP contribution in [0, 0.1) is 5.92 Å². The monoisotopic (exact) mass is 412 g/mol. The van der Waals surface area contributed by atoms with E-state index in [9.17, 15) is 9.90 Å². The highest BCUT2D eigenvalue weighted by atomic mass is 16.5. The molecule has 8 heteroatoms. The van der Waals surface area contributed by atoms with Crippen LogP contribution >= 0.6 is 0 Å². The third-order valence-corrected chi connectivity index (χ3v) is 5.78. The number of ether oxygens (including phenoxy) is 1. The van der Waals surface area contributed by atoms with Gasteiger partial charge in [0.1, 0.15) is 17.3 Å². The molecular formula is C22H28N4O4. The molecule has 1 unspecified atom stereocenters. The third-order valence-electron chi connectivity index (χ3n) is 5.78. The van der Waals surface area contributed by atoms with E-state index in [1.54, 1.807) is 12.1 Å². The maximum Gasteiger partial charge on any atom is 0.404 e. The molecule has 2 heterocycles. The van der Waals surface area contributed by atoms with E-state index in [0.29, 0.717) is 35.1 Å². The molecule has 0 spiro atoms. The number of hydrogen-bond donors (Lipinski definition) is 5. The molecule has 6 N–H and O–H groups in total. The number of nitrogens with two attached hydrogens (primary N) is 1. The quantitative estimate of drug-likeness (QED) is 0.472. The SMILES string of the molecule is Nc1nc(-c2c(O)cccc2OCC2CC2)cc(C2CCCNC2)c1CNC(=O)O. The van der Waals surface area contributed by atoms with Crippen LogP contribution < -0.4 is 21.1 Å². The van der Waals surface area contributed by atoms with Gasteiger partial charge in [-0.05, 0) is 67.8 Å². The summed E-state index contributed by atoms with van der Waals surface area (Å²) in [6, 6.07) is 7.11. The number of anilines is 1. The second-order valence-electron chi connectivity index (χ2n) is 8.07. The van der Waals surface area contributed by atoms with Crippen molar-refractivity contribution in [2.75, 3.05) is 25.4 Å². The molecule has 8 nitrogen and oxygen atoms in total. The van der Waals surface area contributed by atoms with Crippen LogP contribution in [-0.4, -0.2) is 41.0 Å². The maximum absolute atomic E-state index is 11.0. The Morgan fingerprint density at radius 1 is 1.33 bits per heavy atom. The van der Waals surface area contributed by atoms with E-state index in [-0.39, 0.29) is 24.0 Å². The second kappa shape index (κ2) is 8.79. The van der Waals surface area contributed by atoms with Crippen molar-refractivity contribution in [2.24, 2.45) is 5.92 Å². The summed E-state index contributed by atoms with van der Waals surface area (Å²) in [7, 11) is 0. The number of aromatic nitrogens is 1. The zero-order chi connectivity index (χ0) is 21.1. The fourth-order valence-corrected chi connectivity index (χ4v) is 3.97. The van der Waals surface area contributed by atoms with Crippen LogP contribution in [0.1, 0.15) is 42.7 Å². The van der Waals surface area contributed by atoms with Crippen LogP contribution in [0.5, 0.6) is 11.5 Å². The predicted octanol–water partition coefficient (Wildman–Crippen LogP) is 3.06. The number of piperidine rings is 1. The van der Waals surface area contributed by atoms with Gasteiger partial charge in [-0.2, -0.15) is 0 Å². The zero-order valence-corrected chi connectivity index (χ0v) is 16.9. The molecule has 1 aliphatic carbocycles. The maximum atomic E-state index is 11.0. The number of aromatic hydroxyl groups is 1. The van der Waals surface area contributed by atoms with Crippen LogP contribution in [0.3, 0.4) is 0 Å². The standard InChI is InChI=1S/C22H28N4O4/c23-21-16(11-25-22(28)29)15(14-3-2-8-24-10-14)9-17(26-21)20-18(27)4-1-5-19(20)30-12-13-6-7-13/h1,4-5,9,13-14,24-25,27H,2-3,6-8,10-12H2,(H2,23,26)(H,28,29). The molecule has 2 aromatic rings. The van der Waals surface area contributed by atoms with E-state index in [4.69, 9.17) is 15.6 Å². The number of nitrogens with one attached hydrogen (secondary N) is 2. The summed E-state index contributed by atoms with van der Waals surface area (Å²) in [5.41, 5.74) is 9.00. The smallest absolute Gasteiger partial charge is 0.404 e. The van der Waals surface area contributed by atoms with Crippen molar-refractivity contribution in [3.8, 4) is 22.8 Å². The van der Waals surface area contributed by atoms with Crippen molar-refractivity contribution >= 4 is 11.9 Å². The molecule has 160 valence electrons. The first-order chi connectivity index (χ1) is 14.5. The van der Waals surface area contributed by atoms with Gasteiger partial charge in [0.2, 0.25) is 0 Å².